The molecule has 0 saturated carbocycles. The number of anilines is 1. The maximum Gasteiger partial charge on any atom is 0.255 e. The minimum Gasteiger partial charge on any atom is -0.493 e. The van der Waals surface area contributed by atoms with Gasteiger partial charge >= 0.3 is 0 Å². The Morgan fingerprint density at radius 1 is 1.04 bits per heavy atom. The first-order valence-corrected chi connectivity index (χ1v) is 7.91. The van der Waals surface area contributed by atoms with Crippen LogP contribution in [0.3, 0.4) is 0 Å². The number of hydrogen-bond donors (Lipinski definition) is 2. The van der Waals surface area contributed by atoms with Gasteiger partial charge in [-0.1, -0.05) is 38.1 Å². The van der Waals surface area contributed by atoms with E-state index in [1.807, 2.05) is 55.5 Å². The first-order valence-electron chi connectivity index (χ1n) is 7.91. The molecule has 0 radical (unpaired) electrons. The van der Waals surface area contributed by atoms with Crippen LogP contribution < -0.4 is 15.4 Å². The fourth-order valence-corrected chi connectivity index (χ4v) is 2.68. The fourth-order valence-electron chi connectivity index (χ4n) is 2.68. The highest BCUT2D eigenvalue weighted by molar-refractivity contribution is 6.02. The van der Waals surface area contributed by atoms with Crippen molar-refractivity contribution in [1.29, 1.82) is 0 Å². The van der Waals surface area contributed by atoms with E-state index in [9.17, 15) is 4.79 Å². The Bertz CT molecular complexity index is 710. The molecule has 2 aromatic rings. The minimum absolute atomic E-state index is 0.0676. The molecule has 1 aliphatic heterocycles. The fraction of sp³-hybridized carbons (Fsp3) is 0.316. The standard InChI is InChI=1S/C19H22N2O2/c1-13(2)12-23-15-10-8-14(9-11-15)19(3)20-17-7-5-4-6-16(17)18(22)21-19/h4-11,13,20H,12H2,1-3H3,(H,21,22). The van der Waals surface area contributed by atoms with Crippen LogP contribution in [0.5, 0.6) is 5.75 Å². The monoisotopic (exact) mass is 310 g/mol. The van der Waals surface area contributed by atoms with Crippen molar-refractivity contribution < 1.29 is 9.53 Å². The van der Waals surface area contributed by atoms with Crippen LogP contribution in [0.15, 0.2) is 48.5 Å². The molecule has 1 atom stereocenters. The van der Waals surface area contributed by atoms with Crippen molar-refractivity contribution in [3.05, 3.63) is 59.7 Å². The number of hydrogen-bond acceptors (Lipinski definition) is 3. The number of carbonyl (C=O) groups excluding carboxylic acids is 1. The number of benzene rings is 2. The second-order valence-electron chi connectivity index (χ2n) is 6.48. The summed E-state index contributed by atoms with van der Waals surface area (Å²) >= 11 is 0. The van der Waals surface area contributed by atoms with E-state index >= 15 is 0 Å². The van der Waals surface area contributed by atoms with Gasteiger partial charge in [0.25, 0.3) is 5.91 Å². The van der Waals surface area contributed by atoms with E-state index in [4.69, 9.17) is 4.74 Å². The predicted octanol–water partition coefficient (Wildman–Crippen LogP) is 3.75. The molecule has 23 heavy (non-hydrogen) atoms. The van der Waals surface area contributed by atoms with Crippen LogP contribution >= 0.6 is 0 Å². The highest BCUT2D eigenvalue weighted by atomic mass is 16.5. The summed E-state index contributed by atoms with van der Waals surface area (Å²) in [6.07, 6.45) is 0. The third-order valence-corrected chi connectivity index (χ3v) is 3.93. The summed E-state index contributed by atoms with van der Waals surface area (Å²) in [7, 11) is 0. The zero-order chi connectivity index (χ0) is 16.4. The van der Waals surface area contributed by atoms with Crippen molar-refractivity contribution in [3.8, 4) is 5.75 Å². The summed E-state index contributed by atoms with van der Waals surface area (Å²) in [5.74, 6) is 1.26. The zero-order valence-electron chi connectivity index (χ0n) is 13.7. The second kappa shape index (κ2) is 5.95. The SMILES string of the molecule is CC(C)COc1ccc(C2(C)NC(=O)c3ccccc3N2)cc1. The van der Waals surface area contributed by atoms with Crippen molar-refractivity contribution in [2.45, 2.75) is 26.4 Å². The van der Waals surface area contributed by atoms with E-state index in [0.717, 1.165) is 17.0 Å². The Hall–Kier alpha value is -2.49. The lowest BCUT2D eigenvalue weighted by atomic mass is 9.96. The topological polar surface area (TPSA) is 50.4 Å². The molecule has 0 fully saturated rings. The zero-order valence-corrected chi connectivity index (χ0v) is 13.7. The molecule has 0 bridgehead atoms. The molecule has 1 heterocycles. The van der Waals surface area contributed by atoms with Gasteiger partial charge in [-0.3, -0.25) is 4.79 Å². The third kappa shape index (κ3) is 3.16. The van der Waals surface area contributed by atoms with Gasteiger partial charge in [0.05, 0.1) is 12.2 Å². The van der Waals surface area contributed by atoms with Crippen LogP contribution in [0.25, 0.3) is 0 Å². The van der Waals surface area contributed by atoms with Crippen molar-refractivity contribution in [2.75, 3.05) is 11.9 Å². The van der Waals surface area contributed by atoms with Gasteiger partial charge in [-0.05, 0) is 42.7 Å². The highest BCUT2D eigenvalue weighted by Crippen LogP contribution is 2.31. The van der Waals surface area contributed by atoms with Crippen molar-refractivity contribution >= 4 is 11.6 Å². The van der Waals surface area contributed by atoms with E-state index in [2.05, 4.69) is 24.5 Å². The van der Waals surface area contributed by atoms with E-state index in [0.29, 0.717) is 18.1 Å². The molecule has 3 rings (SSSR count). The lowest BCUT2D eigenvalue weighted by molar-refractivity contribution is 0.0906. The molecular weight excluding hydrogens is 288 g/mol. The van der Waals surface area contributed by atoms with Gasteiger partial charge in [0.2, 0.25) is 0 Å². The molecule has 4 nitrogen and oxygen atoms in total. The number of para-hydroxylation sites is 1. The van der Waals surface area contributed by atoms with Crippen LogP contribution in [0, 0.1) is 5.92 Å². The van der Waals surface area contributed by atoms with Crippen molar-refractivity contribution in [1.82, 2.24) is 5.32 Å². The van der Waals surface area contributed by atoms with Crippen LogP contribution in [0.2, 0.25) is 0 Å². The van der Waals surface area contributed by atoms with E-state index in [1.165, 1.54) is 0 Å². The van der Waals surface area contributed by atoms with Crippen molar-refractivity contribution in [2.24, 2.45) is 5.92 Å². The van der Waals surface area contributed by atoms with Gasteiger partial charge in [-0.25, -0.2) is 0 Å². The van der Waals surface area contributed by atoms with Crippen LogP contribution in [0.1, 0.15) is 36.7 Å². The molecule has 2 aromatic carbocycles. The summed E-state index contributed by atoms with van der Waals surface area (Å²) < 4.78 is 5.71. The highest BCUT2D eigenvalue weighted by Gasteiger charge is 2.34. The average Bonchev–Trinajstić information content (AvgIpc) is 2.53. The van der Waals surface area contributed by atoms with Gasteiger partial charge in [0, 0.05) is 5.69 Å². The summed E-state index contributed by atoms with van der Waals surface area (Å²) in [6, 6.07) is 15.4. The summed E-state index contributed by atoms with van der Waals surface area (Å²) in [6.45, 7) is 6.90. The van der Waals surface area contributed by atoms with Crippen LogP contribution in [-0.2, 0) is 5.66 Å². The Balaban J connectivity index is 1.83. The molecule has 1 amide bonds. The smallest absolute Gasteiger partial charge is 0.255 e. The number of fused-ring (bicyclic) bond motifs is 1. The van der Waals surface area contributed by atoms with Gasteiger partial charge < -0.3 is 15.4 Å². The Labute approximate surface area is 136 Å². The number of rotatable bonds is 4. The first kappa shape index (κ1) is 15.4. The lowest BCUT2D eigenvalue weighted by Crippen LogP contribution is -2.52. The molecule has 4 heteroatoms. The quantitative estimate of drug-likeness (QED) is 0.904. The van der Waals surface area contributed by atoms with E-state index in [-0.39, 0.29) is 5.91 Å². The predicted molar refractivity (Wildman–Crippen MR) is 91.7 cm³/mol. The molecule has 0 saturated heterocycles. The van der Waals surface area contributed by atoms with Gasteiger partial charge in [-0.15, -0.1) is 0 Å². The van der Waals surface area contributed by atoms with E-state index < -0.39 is 5.66 Å². The minimum atomic E-state index is -0.637. The average molecular weight is 310 g/mol. The van der Waals surface area contributed by atoms with Crippen LogP contribution in [-0.4, -0.2) is 12.5 Å². The second-order valence-corrected chi connectivity index (χ2v) is 6.48. The molecule has 0 aliphatic carbocycles. The number of ether oxygens (including phenoxy) is 1. The largest absolute Gasteiger partial charge is 0.493 e. The molecule has 0 aromatic heterocycles. The number of carbonyl (C=O) groups is 1. The maximum absolute atomic E-state index is 12.3. The summed E-state index contributed by atoms with van der Waals surface area (Å²) in [4.78, 5) is 12.3. The summed E-state index contributed by atoms with van der Waals surface area (Å²) in [5, 5.41) is 6.46. The Morgan fingerprint density at radius 2 is 1.74 bits per heavy atom. The molecule has 1 aliphatic rings. The molecule has 120 valence electrons. The Morgan fingerprint density at radius 3 is 2.43 bits per heavy atom. The first-order chi connectivity index (χ1) is 11.0. The molecule has 0 spiro atoms. The maximum atomic E-state index is 12.3. The number of nitrogens with one attached hydrogen (secondary N) is 2. The van der Waals surface area contributed by atoms with Crippen LogP contribution in [0.4, 0.5) is 5.69 Å². The third-order valence-electron chi connectivity index (χ3n) is 3.93. The Kier molecular flexibility index (Phi) is 3.99. The van der Waals surface area contributed by atoms with Gasteiger partial charge in [0.15, 0.2) is 0 Å². The summed E-state index contributed by atoms with van der Waals surface area (Å²) in [5.41, 5.74) is 1.86. The molecule has 2 N–H and O–H groups in total. The number of amides is 1. The normalized spacial score (nSPS) is 19.7. The molecule has 1 unspecified atom stereocenters. The van der Waals surface area contributed by atoms with Gasteiger partial charge in [-0.2, -0.15) is 0 Å². The molecular formula is C19H22N2O2. The van der Waals surface area contributed by atoms with Gasteiger partial charge in [0.1, 0.15) is 11.4 Å². The lowest BCUT2D eigenvalue weighted by Gasteiger charge is -2.38. The van der Waals surface area contributed by atoms with E-state index in [1.54, 1.807) is 0 Å². The van der Waals surface area contributed by atoms with Crippen molar-refractivity contribution in [3.63, 3.8) is 0 Å².